The van der Waals surface area contributed by atoms with Crippen molar-refractivity contribution < 1.29 is 4.39 Å². The molecule has 0 aliphatic heterocycles. The highest BCUT2D eigenvalue weighted by molar-refractivity contribution is 6.30. The van der Waals surface area contributed by atoms with Gasteiger partial charge in [-0.15, -0.1) is 0 Å². The van der Waals surface area contributed by atoms with Crippen LogP contribution in [0.5, 0.6) is 0 Å². The van der Waals surface area contributed by atoms with Gasteiger partial charge in [0.25, 0.3) is 0 Å². The molecule has 0 amide bonds. The molecular formula is C12H15ClFN. The van der Waals surface area contributed by atoms with Crippen molar-refractivity contribution in [3.05, 3.63) is 29.0 Å². The molecule has 0 spiro atoms. The van der Waals surface area contributed by atoms with Gasteiger partial charge in [-0.3, -0.25) is 0 Å². The lowest BCUT2D eigenvalue weighted by atomic mass is 10.1. The minimum atomic E-state index is -0.281. The van der Waals surface area contributed by atoms with E-state index in [1.807, 2.05) is 0 Å². The molecule has 1 aliphatic rings. The number of rotatable bonds is 3. The molecule has 15 heavy (non-hydrogen) atoms. The maximum atomic E-state index is 13.0. The van der Waals surface area contributed by atoms with Gasteiger partial charge in [0, 0.05) is 17.3 Å². The molecule has 0 aromatic heterocycles. The summed E-state index contributed by atoms with van der Waals surface area (Å²) in [6.45, 7) is 0.930. The number of nitrogens with one attached hydrogen (secondary N) is 1. The first-order valence-electron chi connectivity index (χ1n) is 5.44. The van der Waals surface area contributed by atoms with Gasteiger partial charge in [-0.1, -0.05) is 24.4 Å². The number of halogens is 2. The lowest BCUT2D eigenvalue weighted by molar-refractivity contribution is 0.579. The van der Waals surface area contributed by atoms with Crippen molar-refractivity contribution in [2.45, 2.75) is 25.7 Å². The van der Waals surface area contributed by atoms with Crippen LogP contribution in [0.4, 0.5) is 10.1 Å². The van der Waals surface area contributed by atoms with Crippen LogP contribution >= 0.6 is 11.6 Å². The van der Waals surface area contributed by atoms with E-state index < -0.39 is 0 Å². The SMILES string of the molecule is Fc1cc(Cl)cc(NCC2CCCC2)c1. The minimum Gasteiger partial charge on any atom is -0.385 e. The Bertz CT molecular complexity index is 314. The topological polar surface area (TPSA) is 12.0 Å². The molecule has 0 radical (unpaired) electrons. The van der Waals surface area contributed by atoms with Crippen LogP contribution in [0.1, 0.15) is 25.7 Å². The summed E-state index contributed by atoms with van der Waals surface area (Å²) in [5, 5.41) is 3.69. The summed E-state index contributed by atoms with van der Waals surface area (Å²) in [6.07, 6.45) is 5.23. The Labute approximate surface area is 94.6 Å². The average molecular weight is 228 g/mol. The number of hydrogen-bond donors (Lipinski definition) is 1. The molecule has 0 unspecified atom stereocenters. The van der Waals surface area contributed by atoms with E-state index in [0.29, 0.717) is 5.02 Å². The van der Waals surface area contributed by atoms with Gasteiger partial charge in [0.15, 0.2) is 0 Å². The molecule has 1 saturated carbocycles. The van der Waals surface area contributed by atoms with Crippen LogP contribution in [-0.2, 0) is 0 Å². The fraction of sp³-hybridized carbons (Fsp3) is 0.500. The fourth-order valence-corrected chi connectivity index (χ4v) is 2.35. The summed E-state index contributed by atoms with van der Waals surface area (Å²) in [6, 6.07) is 4.57. The largest absolute Gasteiger partial charge is 0.385 e. The summed E-state index contributed by atoms with van der Waals surface area (Å²) in [7, 11) is 0. The molecular weight excluding hydrogens is 213 g/mol. The smallest absolute Gasteiger partial charge is 0.126 e. The Morgan fingerprint density at radius 3 is 2.67 bits per heavy atom. The molecule has 1 aliphatic carbocycles. The zero-order valence-electron chi connectivity index (χ0n) is 8.60. The number of anilines is 1. The molecule has 3 heteroatoms. The Kier molecular flexibility index (Phi) is 3.47. The van der Waals surface area contributed by atoms with Crippen molar-refractivity contribution in [3.8, 4) is 0 Å². The van der Waals surface area contributed by atoms with Crippen molar-refractivity contribution in [2.24, 2.45) is 5.92 Å². The van der Waals surface area contributed by atoms with Gasteiger partial charge in [-0.2, -0.15) is 0 Å². The molecule has 2 rings (SSSR count). The summed E-state index contributed by atoms with van der Waals surface area (Å²) in [4.78, 5) is 0. The van der Waals surface area contributed by atoms with E-state index in [1.54, 1.807) is 6.07 Å². The van der Waals surface area contributed by atoms with Gasteiger partial charge in [0.1, 0.15) is 5.82 Å². The predicted octanol–water partition coefficient (Wildman–Crippen LogP) is 4.08. The van der Waals surface area contributed by atoms with E-state index in [0.717, 1.165) is 18.2 Å². The lowest BCUT2D eigenvalue weighted by Gasteiger charge is -2.11. The Balaban J connectivity index is 1.92. The fourth-order valence-electron chi connectivity index (χ4n) is 2.13. The highest BCUT2D eigenvalue weighted by Crippen LogP contribution is 2.25. The first-order valence-corrected chi connectivity index (χ1v) is 5.82. The second-order valence-corrected chi connectivity index (χ2v) is 4.63. The minimum absolute atomic E-state index is 0.281. The van der Waals surface area contributed by atoms with E-state index in [2.05, 4.69) is 5.32 Å². The summed E-state index contributed by atoms with van der Waals surface area (Å²) in [5.74, 6) is 0.462. The molecule has 0 heterocycles. The van der Waals surface area contributed by atoms with Crippen molar-refractivity contribution in [1.29, 1.82) is 0 Å². The molecule has 0 saturated heterocycles. The van der Waals surface area contributed by atoms with Crippen LogP contribution in [-0.4, -0.2) is 6.54 Å². The zero-order valence-corrected chi connectivity index (χ0v) is 9.36. The molecule has 1 N–H and O–H groups in total. The van der Waals surface area contributed by atoms with Gasteiger partial charge >= 0.3 is 0 Å². The first-order chi connectivity index (χ1) is 7.24. The maximum absolute atomic E-state index is 13.0. The van der Waals surface area contributed by atoms with Gasteiger partial charge < -0.3 is 5.32 Å². The van der Waals surface area contributed by atoms with Crippen molar-refractivity contribution in [2.75, 3.05) is 11.9 Å². The van der Waals surface area contributed by atoms with E-state index in [1.165, 1.54) is 37.8 Å². The standard InChI is InChI=1S/C12H15ClFN/c13-10-5-11(14)7-12(6-10)15-8-9-3-1-2-4-9/h5-7,9,15H,1-4,8H2. The van der Waals surface area contributed by atoms with Crippen molar-refractivity contribution >= 4 is 17.3 Å². The highest BCUT2D eigenvalue weighted by atomic mass is 35.5. The van der Waals surface area contributed by atoms with Gasteiger partial charge in [0.05, 0.1) is 0 Å². The van der Waals surface area contributed by atoms with E-state index >= 15 is 0 Å². The van der Waals surface area contributed by atoms with E-state index in [-0.39, 0.29) is 5.82 Å². The van der Waals surface area contributed by atoms with Crippen LogP contribution in [0.2, 0.25) is 5.02 Å². The third-order valence-electron chi connectivity index (χ3n) is 2.93. The van der Waals surface area contributed by atoms with Crippen LogP contribution < -0.4 is 5.32 Å². The molecule has 0 bridgehead atoms. The van der Waals surface area contributed by atoms with E-state index in [9.17, 15) is 4.39 Å². The second-order valence-electron chi connectivity index (χ2n) is 4.19. The molecule has 1 aromatic rings. The van der Waals surface area contributed by atoms with Crippen molar-refractivity contribution in [1.82, 2.24) is 0 Å². The van der Waals surface area contributed by atoms with Gasteiger partial charge in [-0.25, -0.2) is 4.39 Å². The third kappa shape index (κ3) is 3.10. The molecule has 1 fully saturated rings. The summed E-state index contributed by atoms with van der Waals surface area (Å²) < 4.78 is 13.0. The highest BCUT2D eigenvalue weighted by Gasteiger charge is 2.14. The Morgan fingerprint density at radius 1 is 1.27 bits per heavy atom. The maximum Gasteiger partial charge on any atom is 0.126 e. The summed E-state index contributed by atoms with van der Waals surface area (Å²) in [5.41, 5.74) is 0.784. The molecule has 0 atom stereocenters. The first kappa shape index (κ1) is 10.7. The molecule has 1 aromatic carbocycles. The Morgan fingerprint density at radius 2 is 2.00 bits per heavy atom. The van der Waals surface area contributed by atoms with Gasteiger partial charge in [-0.05, 0) is 37.0 Å². The van der Waals surface area contributed by atoms with Crippen LogP contribution in [0, 0.1) is 11.7 Å². The summed E-state index contributed by atoms with van der Waals surface area (Å²) >= 11 is 5.77. The number of hydrogen-bond acceptors (Lipinski definition) is 1. The zero-order chi connectivity index (χ0) is 10.7. The lowest BCUT2D eigenvalue weighted by Crippen LogP contribution is -2.10. The quantitative estimate of drug-likeness (QED) is 0.821. The normalized spacial score (nSPS) is 16.9. The predicted molar refractivity (Wildman–Crippen MR) is 61.9 cm³/mol. The van der Waals surface area contributed by atoms with Crippen LogP contribution in [0.25, 0.3) is 0 Å². The van der Waals surface area contributed by atoms with Gasteiger partial charge in [0.2, 0.25) is 0 Å². The van der Waals surface area contributed by atoms with Crippen molar-refractivity contribution in [3.63, 3.8) is 0 Å². The average Bonchev–Trinajstić information content (AvgIpc) is 2.65. The third-order valence-corrected chi connectivity index (χ3v) is 3.15. The monoisotopic (exact) mass is 227 g/mol. The second kappa shape index (κ2) is 4.84. The number of benzene rings is 1. The Hall–Kier alpha value is -0.760. The van der Waals surface area contributed by atoms with Crippen LogP contribution in [0.3, 0.4) is 0 Å². The van der Waals surface area contributed by atoms with Crippen LogP contribution in [0.15, 0.2) is 18.2 Å². The van der Waals surface area contributed by atoms with E-state index in [4.69, 9.17) is 11.6 Å². The molecule has 1 nitrogen and oxygen atoms in total. The molecule has 82 valence electrons.